The van der Waals surface area contributed by atoms with Gasteiger partial charge in [0.2, 0.25) is 5.91 Å². The molecule has 3 rings (SSSR count). The summed E-state index contributed by atoms with van der Waals surface area (Å²) in [6.45, 7) is 7.59. The topological polar surface area (TPSA) is 61.1 Å². The number of nitrogens with zero attached hydrogens (tertiary/aromatic N) is 3. The molecule has 2 saturated heterocycles. The smallest absolute Gasteiger partial charge is 0.223 e. The number of piperazine rings is 1. The lowest BCUT2D eigenvalue weighted by atomic mass is 10.1. The lowest BCUT2D eigenvalue weighted by molar-refractivity contribution is -0.130. The molecule has 1 amide bonds. The first-order valence-electron chi connectivity index (χ1n) is 8.24. The molecule has 0 bridgehead atoms. The van der Waals surface area contributed by atoms with Gasteiger partial charge in [-0.25, -0.2) is 0 Å². The molecule has 1 N–H and O–H groups in total. The molecular weight excluding hydrogens is 292 g/mol. The van der Waals surface area contributed by atoms with E-state index >= 15 is 0 Å². The minimum Gasteiger partial charge on any atom is -0.469 e. The Hall–Kier alpha value is -2.24. The van der Waals surface area contributed by atoms with E-state index < -0.39 is 0 Å². The quantitative estimate of drug-likeness (QED) is 0.505. The van der Waals surface area contributed by atoms with E-state index in [0.29, 0.717) is 31.5 Å². The molecule has 0 radical (unpaired) electrons. The Morgan fingerprint density at radius 2 is 2.43 bits per heavy atom. The molecule has 1 aromatic heterocycles. The Morgan fingerprint density at radius 3 is 3.22 bits per heavy atom. The van der Waals surface area contributed by atoms with Gasteiger partial charge in [0.1, 0.15) is 5.76 Å². The van der Waals surface area contributed by atoms with Crippen LogP contribution in [0.4, 0.5) is 0 Å². The van der Waals surface area contributed by atoms with Crippen molar-refractivity contribution in [2.45, 2.75) is 25.3 Å². The molecule has 124 valence electrons. The molecule has 6 nitrogen and oxygen atoms in total. The first-order valence-corrected chi connectivity index (χ1v) is 8.24. The summed E-state index contributed by atoms with van der Waals surface area (Å²) in [6, 6.07) is 4.19. The van der Waals surface area contributed by atoms with Crippen molar-refractivity contribution in [2.24, 2.45) is 4.99 Å². The molecule has 1 unspecified atom stereocenters. The second-order valence-corrected chi connectivity index (χ2v) is 5.93. The van der Waals surface area contributed by atoms with Crippen molar-refractivity contribution in [1.82, 2.24) is 15.1 Å². The number of aliphatic imine (C=N–C) groups is 1. The van der Waals surface area contributed by atoms with E-state index in [9.17, 15) is 4.79 Å². The highest BCUT2D eigenvalue weighted by molar-refractivity contribution is 5.82. The molecule has 1 atom stereocenters. The number of carbonyl (C=O) groups is 1. The van der Waals surface area contributed by atoms with E-state index in [1.165, 1.54) is 0 Å². The molecular formula is C17H24N4O2. The van der Waals surface area contributed by atoms with Crippen LogP contribution in [0.5, 0.6) is 0 Å². The standard InChI is InChI=1S/C17H24N4O2/c1-2-8-18-17(19-9-7-15-4-3-12-23-15)20-10-11-21-14(13-20)5-6-16(21)22/h2-4,12,14H,1,5-11,13H2,(H,18,19). The van der Waals surface area contributed by atoms with Gasteiger partial charge in [0.05, 0.1) is 6.26 Å². The summed E-state index contributed by atoms with van der Waals surface area (Å²) in [5.74, 6) is 2.14. The molecule has 0 spiro atoms. The minimum atomic E-state index is 0.296. The van der Waals surface area contributed by atoms with Gasteiger partial charge in [0.25, 0.3) is 0 Å². The summed E-state index contributed by atoms with van der Waals surface area (Å²) in [4.78, 5) is 20.8. The number of carbonyl (C=O) groups excluding carboxylic acids is 1. The van der Waals surface area contributed by atoms with Crippen molar-refractivity contribution in [3.63, 3.8) is 0 Å². The van der Waals surface area contributed by atoms with E-state index in [2.05, 4.69) is 16.8 Å². The second-order valence-electron chi connectivity index (χ2n) is 5.93. The summed E-state index contributed by atoms with van der Waals surface area (Å²) >= 11 is 0. The van der Waals surface area contributed by atoms with Crippen LogP contribution in [-0.4, -0.2) is 60.4 Å². The average molecular weight is 316 g/mol. The van der Waals surface area contributed by atoms with E-state index in [1.54, 1.807) is 6.26 Å². The molecule has 2 aliphatic rings. The average Bonchev–Trinajstić information content (AvgIpc) is 3.21. The van der Waals surface area contributed by atoms with E-state index in [-0.39, 0.29) is 0 Å². The Labute approximate surface area is 136 Å². The Bertz CT molecular complexity index is 567. The first-order chi connectivity index (χ1) is 11.3. The van der Waals surface area contributed by atoms with Crippen LogP contribution in [0.25, 0.3) is 0 Å². The molecule has 1 aromatic rings. The zero-order valence-corrected chi connectivity index (χ0v) is 13.4. The predicted molar refractivity (Wildman–Crippen MR) is 89.2 cm³/mol. The first kappa shape index (κ1) is 15.6. The predicted octanol–water partition coefficient (Wildman–Crippen LogP) is 1.26. The third-order valence-electron chi connectivity index (χ3n) is 4.40. The Kier molecular flexibility index (Phi) is 5.00. The van der Waals surface area contributed by atoms with E-state index in [4.69, 9.17) is 9.41 Å². The van der Waals surface area contributed by atoms with Gasteiger partial charge >= 0.3 is 0 Å². The zero-order valence-electron chi connectivity index (χ0n) is 13.4. The van der Waals surface area contributed by atoms with Crippen molar-refractivity contribution >= 4 is 11.9 Å². The Balaban J connectivity index is 1.61. The number of guanidine groups is 1. The summed E-state index contributed by atoms with van der Waals surface area (Å²) < 4.78 is 5.35. The van der Waals surface area contributed by atoms with Gasteiger partial charge in [-0.3, -0.25) is 9.79 Å². The normalized spacial score (nSPS) is 21.5. The number of rotatable bonds is 5. The number of hydrogen-bond donors (Lipinski definition) is 1. The van der Waals surface area contributed by atoms with Crippen molar-refractivity contribution < 1.29 is 9.21 Å². The van der Waals surface area contributed by atoms with Gasteiger partial charge in [-0.15, -0.1) is 6.58 Å². The van der Waals surface area contributed by atoms with Crippen LogP contribution in [0, 0.1) is 0 Å². The lowest BCUT2D eigenvalue weighted by Gasteiger charge is -2.39. The fourth-order valence-electron chi connectivity index (χ4n) is 3.21. The van der Waals surface area contributed by atoms with Gasteiger partial charge in [-0.2, -0.15) is 0 Å². The number of nitrogens with one attached hydrogen (secondary N) is 1. The minimum absolute atomic E-state index is 0.296. The molecule has 3 heterocycles. The van der Waals surface area contributed by atoms with Crippen molar-refractivity contribution in [3.8, 4) is 0 Å². The molecule has 0 aliphatic carbocycles. The molecule has 2 aliphatic heterocycles. The monoisotopic (exact) mass is 316 g/mol. The number of amides is 1. The van der Waals surface area contributed by atoms with Gasteiger partial charge < -0.3 is 19.5 Å². The van der Waals surface area contributed by atoms with Crippen molar-refractivity contribution in [1.29, 1.82) is 0 Å². The fourth-order valence-corrected chi connectivity index (χ4v) is 3.21. The Morgan fingerprint density at radius 1 is 1.52 bits per heavy atom. The van der Waals surface area contributed by atoms with E-state index in [0.717, 1.165) is 44.2 Å². The third-order valence-corrected chi connectivity index (χ3v) is 4.40. The van der Waals surface area contributed by atoms with Gasteiger partial charge in [-0.1, -0.05) is 6.08 Å². The maximum atomic E-state index is 11.8. The summed E-state index contributed by atoms with van der Waals surface area (Å²) in [5.41, 5.74) is 0. The highest BCUT2D eigenvalue weighted by Crippen LogP contribution is 2.22. The maximum absolute atomic E-state index is 11.8. The van der Waals surface area contributed by atoms with Crippen LogP contribution < -0.4 is 5.32 Å². The SMILES string of the molecule is C=CCNC(=NCCc1ccco1)N1CCN2C(=O)CCC2C1. The zero-order chi connectivity index (χ0) is 16.1. The van der Waals surface area contributed by atoms with Crippen LogP contribution in [-0.2, 0) is 11.2 Å². The largest absolute Gasteiger partial charge is 0.469 e. The summed E-state index contributed by atoms with van der Waals surface area (Å²) in [6.07, 6.45) is 5.94. The highest BCUT2D eigenvalue weighted by atomic mass is 16.3. The number of furan rings is 1. The third kappa shape index (κ3) is 3.75. The van der Waals surface area contributed by atoms with E-state index in [1.807, 2.05) is 23.1 Å². The van der Waals surface area contributed by atoms with Gasteiger partial charge in [0.15, 0.2) is 5.96 Å². The second kappa shape index (κ2) is 7.35. The van der Waals surface area contributed by atoms with Crippen molar-refractivity contribution in [3.05, 3.63) is 36.8 Å². The van der Waals surface area contributed by atoms with Crippen LogP contribution in [0.3, 0.4) is 0 Å². The van der Waals surface area contributed by atoms with Crippen LogP contribution in [0.2, 0.25) is 0 Å². The molecule has 6 heteroatoms. The summed E-state index contributed by atoms with van der Waals surface area (Å²) in [5, 5.41) is 3.33. The molecule has 2 fully saturated rings. The van der Waals surface area contributed by atoms with Crippen LogP contribution in [0.15, 0.2) is 40.5 Å². The molecule has 0 saturated carbocycles. The number of fused-ring (bicyclic) bond motifs is 1. The summed E-state index contributed by atoms with van der Waals surface area (Å²) in [7, 11) is 0. The fraction of sp³-hybridized carbons (Fsp3) is 0.529. The highest BCUT2D eigenvalue weighted by Gasteiger charge is 2.36. The van der Waals surface area contributed by atoms with Crippen LogP contribution >= 0.6 is 0 Å². The van der Waals surface area contributed by atoms with Gasteiger partial charge in [0, 0.05) is 51.6 Å². The molecule has 0 aromatic carbocycles. The lowest BCUT2D eigenvalue weighted by Crippen LogP contribution is -2.56. The molecule has 23 heavy (non-hydrogen) atoms. The van der Waals surface area contributed by atoms with Crippen molar-refractivity contribution in [2.75, 3.05) is 32.7 Å². The maximum Gasteiger partial charge on any atom is 0.223 e. The van der Waals surface area contributed by atoms with Crippen LogP contribution in [0.1, 0.15) is 18.6 Å². The number of hydrogen-bond acceptors (Lipinski definition) is 3. The van der Waals surface area contributed by atoms with Gasteiger partial charge in [-0.05, 0) is 18.6 Å².